The molecule has 104 valence electrons. The molecule has 0 saturated heterocycles. The molecule has 0 aliphatic carbocycles. The van der Waals surface area contributed by atoms with E-state index in [9.17, 15) is 17.6 Å². The van der Waals surface area contributed by atoms with E-state index in [1.165, 1.54) is 19.9 Å². The van der Waals surface area contributed by atoms with Crippen LogP contribution in [0.1, 0.15) is 26.1 Å². The van der Waals surface area contributed by atoms with Crippen molar-refractivity contribution in [3.8, 4) is 0 Å². The Hall–Kier alpha value is -1.59. The second-order valence-corrected chi connectivity index (χ2v) is 5.04. The van der Waals surface area contributed by atoms with Gasteiger partial charge in [-0.1, -0.05) is 12.1 Å². The molecule has 0 aliphatic heterocycles. The fourth-order valence-corrected chi connectivity index (χ4v) is 1.90. The molecule has 0 aliphatic rings. The summed E-state index contributed by atoms with van der Waals surface area (Å²) in [5.74, 6) is -0.974. The molecule has 6 heteroatoms. The first-order valence-corrected chi connectivity index (χ1v) is 5.90. The van der Waals surface area contributed by atoms with E-state index in [0.717, 1.165) is 4.57 Å². The third-order valence-corrected chi connectivity index (χ3v) is 2.84. The van der Waals surface area contributed by atoms with Gasteiger partial charge in [0, 0.05) is 6.54 Å². The average Bonchev–Trinajstić information content (AvgIpc) is 2.63. The first kappa shape index (κ1) is 13.8. The van der Waals surface area contributed by atoms with E-state index in [-0.39, 0.29) is 18.5 Å². The van der Waals surface area contributed by atoms with Gasteiger partial charge in [-0.3, -0.25) is 0 Å². The Morgan fingerprint density at radius 1 is 1.11 bits per heavy atom. The minimum absolute atomic E-state index is 0.00354. The second kappa shape index (κ2) is 4.51. The van der Waals surface area contributed by atoms with Crippen LogP contribution in [0.3, 0.4) is 0 Å². The summed E-state index contributed by atoms with van der Waals surface area (Å²) in [6.45, 7) is 2.64. The summed E-state index contributed by atoms with van der Waals surface area (Å²) in [7, 11) is 0. The first-order chi connectivity index (χ1) is 8.68. The van der Waals surface area contributed by atoms with Gasteiger partial charge in [0.25, 0.3) is 0 Å². The van der Waals surface area contributed by atoms with Gasteiger partial charge < -0.3 is 4.57 Å². The number of nitrogens with zero attached hydrogens (tertiary/aromatic N) is 2. The molecule has 0 atom stereocenters. The molecule has 0 spiro atoms. The molecule has 1 aromatic heterocycles. The van der Waals surface area contributed by atoms with Crippen LogP contribution in [0.4, 0.5) is 17.6 Å². The normalized spacial score (nSPS) is 13.2. The number of alkyl halides is 4. The monoisotopic (exact) mass is 274 g/mol. The number of imidazole rings is 1. The molecule has 0 bridgehead atoms. The topological polar surface area (TPSA) is 17.8 Å². The number of hydrogen-bond acceptors (Lipinski definition) is 1. The van der Waals surface area contributed by atoms with Crippen molar-refractivity contribution in [2.45, 2.75) is 38.7 Å². The Labute approximate surface area is 108 Å². The van der Waals surface area contributed by atoms with E-state index in [1.54, 1.807) is 18.2 Å². The van der Waals surface area contributed by atoms with E-state index >= 15 is 0 Å². The molecule has 0 fully saturated rings. The highest BCUT2D eigenvalue weighted by Gasteiger charge is 2.37. The van der Waals surface area contributed by atoms with Crippen LogP contribution in [0.2, 0.25) is 0 Å². The van der Waals surface area contributed by atoms with Crippen molar-refractivity contribution in [2.24, 2.45) is 0 Å². The molecule has 0 N–H and O–H groups in total. The number of rotatable bonds is 3. The van der Waals surface area contributed by atoms with Gasteiger partial charge >= 0.3 is 6.18 Å². The standard InChI is InChI=1S/C13H14F4N2/c1-12(2,14)7-8-19-10-6-4-3-5-9(10)18-11(19)13(15,16)17/h3-6H,7-8H2,1-2H3. The van der Waals surface area contributed by atoms with Gasteiger partial charge in [-0.15, -0.1) is 0 Å². The average molecular weight is 274 g/mol. The molecule has 2 aromatic rings. The van der Waals surface area contributed by atoms with E-state index in [2.05, 4.69) is 4.98 Å². The Morgan fingerprint density at radius 2 is 1.74 bits per heavy atom. The van der Waals surface area contributed by atoms with Crippen LogP contribution in [-0.2, 0) is 12.7 Å². The third-order valence-electron chi connectivity index (χ3n) is 2.84. The minimum atomic E-state index is -4.54. The summed E-state index contributed by atoms with van der Waals surface area (Å²) in [6, 6.07) is 6.34. The highest BCUT2D eigenvalue weighted by Crippen LogP contribution is 2.32. The second-order valence-electron chi connectivity index (χ2n) is 5.04. The predicted molar refractivity (Wildman–Crippen MR) is 64.5 cm³/mol. The van der Waals surface area contributed by atoms with Gasteiger partial charge in [0.1, 0.15) is 5.67 Å². The van der Waals surface area contributed by atoms with E-state index in [4.69, 9.17) is 0 Å². The van der Waals surface area contributed by atoms with Crippen LogP contribution < -0.4 is 0 Å². The van der Waals surface area contributed by atoms with Crippen molar-refractivity contribution in [3.05, 3.63) is 30.1 Å². The molecule has 19 heavy (non-hydrogen) atoms. The van der Waals surface area contributed by atoms with Crippen LogP contribution in [0.5, 0.6) is 0 Å². The lowest BCUT2D eigenvalue weighted by Crippen LogP contribution is -2.20. The summed E-state index contributed by atoms with van der Waals surface area (Å²) < 4.78 is 53.3. The molecule has 2 rings (SSSR count). The largest absolute Gasteiger partial charge is 0.449 e. The van der Waals surface area contributed by atoms with Crippen molar-refractivity contribution < 1.29 is 17.6 Å². The summed E-state index contributed by atoms with van der Waals surface area (Å²) in [6.07, 6.45) is -4.55. The Balaban J connectivity index is 2.49. The predicted octanol–water partition coefficient (Wildman–Crippen LogP) is 4.19. The number of aryl methyl sites for hydroxylation is 1. The minimum Gasteiger partial charge on any atom is -0.320 e. The Morgan fingerprint density at radius 3 is 2.32 bits per heavy atom. The maximum absolute atomic E-state index is 13.5. The molecule has 0 radical (unpaired) electrons. The van der Waals surface area contributed by atoms with Gasteiger partial charge in [0.2, 0.25) is 5.82 Å². The van der Waals surface area contributed by atoms with Crippen LogP contribution in [0.15, 0.2) is 24.3 Å². The van der Waals surface area contributed by atoms with Gasteiger partial charge in [0.05, 0.1) is 11.0 Å². The molecular formula is C13H14F4N2. The molecule has 1 heterocycles. The van der Waals surface area contributed by atoms with E-state index in [1.807, 2.05) is 0 Å². The maximum Gasteiger partial charge on any atom is 0.449 e. The number of fused-ring (bicyclic) bond motifs is 1. The fraction of sp³-hybridized carbons (Fsp3) is 0.462. The Kier molecular flexibility index (Phi) is 3.28. The zero-order valence-electron chi connectivity index (χ0n) is 10.6. The SMILES string of the molecule is CC(C)(F)CCn1c(C(F)(F)F)nc2ccccc21. The van der Waals surface area contributed by atoms with Crippen molar-refractivity contribution >= 4 is 11.0 Å². The zero-order chi connectivity index (χ0) is 14.3. The summed E-state index contributed by atoms with van der Waals surface area (Å²) >= 11 is 0. The number of benzene rings is 1. The van der Waals surface area contributed by atoms with E-state index < -0.39 is 17.7 Å². The first-order valence-electron chi connectivity index (χ1n) is 5.90. The Bertz CT molecular complexity index is 578. The van der Waals surface area contributed by atoms with Crippen molar-refractivity contribution in [2.75, 3.05) is 0 Å². The zero-order valence-corrected chi connectivity index (χ0v) is 10.6. The number of aromatic nitrogens is 2. The number of hydrogen-bond donors (Lipinski definition) is 0. The molecule has 1 aromatic carbocycles. The summed E-state index contributed by atoms with van der Waals surface area (Å²) in [4.78, 5) is 3.60. The lowest BCUT2D eigenvalue weighted by Gasteiger charge is -2.16. The number of para-hydroxylation sites is 2. The molecular weight excluding hydrogens is 260 g/mol. The van der Waals surface area contributed by atoms with Gasteiger partial charge in [-0.05, 0) is 32.4 Å². The van der Waals surface area contributed by atoms with Crippen molar-refractivity contribution in [3.63, 3.8) is 0 Å². The third kappa shape index (κ3) is 3.05. The van der Waals surface area contributed by atoms with Gasteiger partial charge in [-0.2, -0.15) is 13.2 Å². The van der Waals surface area contributed by atoms with Gasteiger partial charge in [-0.25, -0.2) is 9.37 Å². The molecule has 0 unspecified atom stereocenters. The highest BCUT2D eigenvalue weighted by atomic mass is 19.4. The summed E-state index contributed by atoms with van der Waals surface area (Å²) in [5.41, 5.74) is -0.876. The molecule has 0 saturated carbocycles. The molecule has 2 nitrogen and oxygen atoms in total. The summed E-state index contributed by atoms with van der Waals surface area (Å²) in [5, 5.41) is 0. The van der Waals surface area contributed by atoms with Crippen LogP contribution in [-0.4, -0.2) is 15.2 Å². The fourth-order valence-electron chi connectivity index (χ4n) is 1.90. The maximum atomic E-state index is 13.5. The van der Waals surface area contributed by atoms with Crippen molar-refractivity contribution in [1.29, 1.82) is 0 Å². The van der Waals surface area contributed by atoms with Crippen LogP contribution >= 0.6 is 0 Å². The molecule has 0 amide bonds. The van der Waals surface area contributed by atoms with Crippen LogP contribution in [0.25, 0.3) is 11.0 Å². The van der Waals surface area contributed by atoms with Gasteiger partial charge in [0.15, 0.2) is 0 Å². The van der Waals surface area contributed by atoms with Crippen LogP contribution in [0, 0.1) is 0 Å². The van der Waals surface area contributed by atoms with Crippen molar-refractivity contribution in [1.82, 2.24) is 9.55 Å². The number of halogens is 4. The highest BCUT2D eigenvalue weighted by molar-refractivity contribution is 5.76. The van der Waals surface area contributed by atoms with E-state index in [0.29, 0.717) is 5.52 Å². The lowest BCUT2D eigenvalue weighted by atomic mass is 10.1. The lowest BCUT2D eigenvalue weighted by molar-refractivity contribution is -0.147. The quantitative estimate of drug-likeness (QED) is 0.767. The smallest absolute Gasteiger partial charge is 0.320 e.